The van der Waals surface area contributed by atoms with Crippen molar-refractivity contribution in [2.75, 3.05) is 26.3 Å². The molecule has 0 atom stereocenters. The molecule has 3 nitrogen and oxygen atoms in total. The van der Waals surface area contributed by atoms with E-state index in [9.17, 15) is 8.78 Å². The fourth-order valence-corrected chi connectivity index (χ4v) is 3.07. The highest BCUT2D eigenvalue weighted by molar-refractivity contribution is 6.32. The van der Waals surface area contributed by atoms with Crippen LogP contribution in [0.5, 0.6) is 0 Å². The predicted molar refractivity (Wildman–Crippen MR) is 81.5 cm³/mol. The van der Waals surface area contributed by atoms with Gasteiger partial charge in [-0.05, 0) is 30.9 Å². The summed E-state index contributed by atoms with van der Waals surface area (Å²) in [5, 5.41) is 0.361. The number of hydrogen-bond acceptors (Lipinski definition) is 3. The number of hydrogen-bond donors (Lipinski definition) is 0. The van der Waals surface area contributed by atoms with E-state index in [4.69, 9.17) is 16.3 Å². The van der Waals surface area contributed by atoms with E-state index in [1.165, 1.54) is 18.3 Å². The maximum absolute atomic E-state index is 13.7. The molecule has 0 unspecified atom stereocenters. The first kappa shape index (κ1) is 15.4. The molecule has 1 saturated heterocycles. The van der Waals surface area contributed by atoms with E-state index in [-0.39, 0.29) is 12.4 Å². The Balaban J connectivity index is 1.86. The van der Waals surface area contributed by atoms with E-state index in [0.717, 1.165) is 31.8 Å². The lowest BCUT2D eigenvalue weighted by Crippen LogP contribution is -2.33. The maximum atomic E-state index is 13.7. The topological polar surface area (TPSA) is 25.4 Å². The van der Waals surface area contributed by atoms with Crippen molar-refractivity contribution in [3.05, 3.63) is 46.8 Å². The largest absolute Gasteiger partial charge is 0.381 e. The predicted octanol–water partition coefficient (Wildman–Crippen LogP) is 3.81. The zero-order valence-corrected chi connectivity index (χ0v) is 12.8. The number of aromatic nitrogens is 1. The molecule has 0 spiro atoms. The zero-order valence-electron chi connectivity index (χ0n) is 12.1. The zero-order chi connectivity index (χ0) is 15.5. The number of nitrogens with zero attached hydrogens (tertiary/aromatic N) is 2. The lowest BCUT2D eigenvalue weighted by molar-refractivity contribution is 0.0590. The highest BCUT2D eigenvalue weighted by Gasteiger charge is 2.24. The summed E-state index contributed by atoms with van der Waals surface area (Å²) in [6.07, 6.45) is 6.25. The summed E-state index contributed by atoms with van der Waals surface area (Å²) in [6.45, 7) is 2.36. The van der Waals surface area contributed by atoms with Crippen LogP contribution in [-0.2, 0) is 4.74 Å². The molecule has 1 aromatic heterocycles. The summed E-state index contributed by atoms with van der Waals surface area (Å²) in [5.74, 6) is -0.365. The summed E-state index contributed by atoms with van der Waals surface area (Å²) >= 11 is 6.14. The molecule has 3 heterocycles. The Hall–Kier alpha value is -1.46. The van der Waals surface area contributed by atoms with Crippen LogP contribution in [0, 0.1) is 11.9 Å². The van der Waals surface area contributed by atoms with Crippen LogP contribution in [0.15, 0.2) is 30.2 Å². The van der Waals surface area contributed by atoms with E-state index in [1.807, 2.05) is 4.90 Å². The van der Waals surface area contributed by atoms with Gasteiger partial charge in [0.05, 0.1) is 11.6 Å². The summed E-state index contributed by atoms with van der Waals surface area (Å²) in [5.41, 5.74) is 1.28. The van der Waals surface area contributed by atoms with Crippen LogP contribution >= 0.6 is 11.6 Å². The molecular formula is C16H17ClF2N2O. The van der Waals surface area contributed by atoms with Gasteiger partial charge in [0.25, 0.3) is 0 Å². The van der Waals surface area contributed by atoms with Gasteiger partial charge in [-0.25, -0.2) is 9.37 Å². The molecule has 0 radical (unpaired) electrons. The molecule has 0 saturated carbocycles. The van der Waals surface area contributed by atoms with Gasteiger partial charge < -0.3 is 9.64 Å². The minimum Gasteiger partial charge on any atom is -0.381 e. The van der Waals surface area contributed by atoms with Crippen molar-refractivity contribution in [2.24, 2.45) is 5.92 Å². The van der Waals surface area contributed by atoms with E-state index in [2.05, 4.69) is 4.98 Å². The van der Waals surface area contributed by atoms with Crippen molar-refractivity contribution in [1.29, 1.82) is 0 Å². The Morgan fingerprint density at radius 3 is 2.82 bits per heavy atom. The fraction of sp³-hybridized carbons (Fsp3) is 0.438. The van der Waals surface area contributed by atoms with Gasteiger partial charge in [0.1, 0.15) is 5.83 Å². The number of pyridine rings is 1. The molecule has 0 amide bonds. The van der Waals surface area contributed by atoms with Crippen LogP contribution < -0.4 is 0 Å². The Bertz CT molecular complexity index is 612. The molecule has 0 bridgehead atoms. The van der Waals surface area contributed by atoms with Gasteiger partial charge in [-0.15, -0.1) is 0 Å². The fourth-order valence-electron chi connectivity index (χ4n) is 2.87. The SMILES string of the molecule is FC1=CC=C(c2cc(F)ncc2Cl)N(CC2CCOCC2)C1. The monoisotopic (exact) mass is 326 g/mol. The van der Waals surface area contributed by atoms with Crippen molar-refractivity contribution in [3.8, 4) is 0 Å². The minimum atomic E-state index is -0.596. The van der Waals surface area contributed by atoms with Crippen LogP contribution in [0.2, 0.25) is 5.02 Å². The molecule has 0 aliphatic carbocycles. The lowest BCUT2D eigenvalue weighted by Gasteiger charge is -2.34. The van der Waals surface area contributed by atoms with Gasteiger partial charge in [0, 0.05) is 43.3 Å². The van der Waals surface area contributed by atoms with E-state index >= 15 is 0 Å². The summed E-state index contributed by atoms with van der Waals surface area (Å²) in [6, 6.07) is 1.29. The standard InChI is InChI=1S/C16H17ClF2N2O/c17-14-8-20-16(19)7-13(14)15-2-1-12(18)10-21(15)9-11-3-5-22-6-4-11/h1-2,7-8,11H,3-6,9-10H2. The molecule has 2 aliphatic heterocycles. The first-order valence-corrected chi connectivity index (χ1v) is 7.72. The Labute approximate surface area is 133 Å². The van der Waals surface area contributed by atoms with Crippen molar-refractivity contribution < 1.29 is 13.5 Å². The van der Waals surface area contributed by atoms with Crippen molar-refractivity contribution >= 4 is 17.3 Å². The van der Waals surface area contributed by atoms with Gasteiger partial charge >= 0.3 is 0 Å². The van der Waals surface area contributed by atoms with Crippen LogP contribution in [0.4, 0.5) is 8.78 Å². The van der Waals surface area contributed by atoms with E-state index in [1.54, 1.807) is 6.08 Å². The summed E-state index contributed by atoms with van der Waals surface area (Å²) in [4.78, 5) is 5.46. The summed E-state index contributed by atoms with van der Waals surface area (Å²) < 4.78 is 32.5. The van der Waals surface area contributed by atoms with Gasteiger partial charge in [-0.2, -0.15) is 4.39 Å². The molecule has 1 fully saturated rings. The molecule has 3 rings (SSSR count). The van der Waals surface area contributed by atoms with E-state index in [0.29, 0.717) is 23.0 Å². The van der Waals surface area contributed by atoms with Crippen molar-refractivity contribution in [2.45, 2.75) is 12.8 Å². The molecule has 6 heteroatoms. The number of halogens is 3. The van der Waals surface area contributed by atoms with Gasteiger partial charge in [-0.3, -0.25) is 0 Å². The molecule has 0 aromatic carbocycles. The number of allylic oxidation sites excluding steroid dienone is 2. The normalized spacial score (nSPS) is 19.9. The molecule has 118 valence electrons. The van der Waals surface area contributed by atoms with Crippen LogP contribution in [-0.4, -0.2) is 36.2 Å². The Kier molecular flexibility index (Phi) is 4.74. The second-order valence-corrected chi connectivity index (χ2v) is 6.00. The lowest BCUT2D eigenvalue weighted by atomic mass is 9.98. The third-order valence-electron chi connectivity index (χ3n) is 4.02. The van der Waals surface area contributed by atoms with Crippen molar-refractivity contribution in [1.82, 2.24) is 9.88 Å². The van der Waals surface area contributed by atoms with Crippen LogP contribution in [0.3, 0.4) is 0 Å². The molecule has 0 N–H and O–H groups in total. The summed E-state index contributed by atoms with van der Waals surface area (Å²) in [7, 11) is 0. The van der Waals surface area contributed by atoms with Gasteiger partial charge in [0.2, 0.25) is 5.95 Å². The average molecular weight is 327 g/mol. The Morgan fingerprint density at radius 2 is 2.05 bits per heavy atom. The maximum Gasteiger partial charge on any atom is 0.213 e. The third-order valence-corrected chi connectivity index (χ3v) is 4.32. The highest BCUT2D eigenvalue weighted by Crippen LogP contribution is 2.31. The van der Waals surface area contributed by atoms with Crippen LogP contribution in [0.25, 0.3) is 5.70 Å². The minimum absolute atomic E-state index is 0.184. The smallest absolute Gasteiger partial charge is 0.213 e. The van der Waals surface area contributed by atoms with Crippen molar-refractivity contribution in [3.63, 3.8) is 0 Å². The first-order valence-electron chi connectivity index (χ1n) is 7.34. The number of ether oxygens (including phenoxy) is 1. The Morgan fingerprint density at radius 1 is 1.27 bits per heavy atom. The highest BCUT2D eigenvalue weighted by atomic mass is 35.5. The third kappa shape index (κ3) is 3.47. The molecular weight excluding hydrogens is 310 g/mol. The second kappa shape index (κ2) is 6.75. The van der Waals surface area contributed by atoms with E-state index < -0.39 is 5.95 Å². The quantitative estimate of drug-likeness (QED) is 0.790. The van der Waals surface area contributed by atoms with Gasteiger partial charge in [0.15, 0.2) is 0 Å². The molecule has 1 aromatic rings. The first-order chi connectivity index (χ1) is 10.6. The van der Waals surface area contributed by atoms with Crippen LogP contribution in [0.1, 0.15) is 18.4 Å². The molecule has 2 aliphatic rings. The number of rotatable bonds is 3. The average Bonchev–Trinajstić information content (AvgIpc) is 2.51. The van der Waals surface area contributed by atoms with Gasteiger partial charge in [-0.1, -0.05) is 11.6 Å². The molecule has 22 heavy (non-hydrogen) atoms. The second-order valence-electron chi connectivity index (χ2n) is 5.59.